The lowest BCUT2D eigenvalue weighted by Gasteiger charge is -2.14. The van der Waals surface area contributed by atoms with Crippen LogP contribution in [0.15, 0.2) is 6.20 Å². The number of hydrogen-bond acceptors (Lipinski definition) is 5. The van der Waals surface area contributed by atoms with Gasteiger partial charge in [0.2, 0.25) is 11.8 Å². The summed E-state index contributed by atoms with van der Waals surface area (Å²) >= 11 is 1.21. The lowest BCUT2D eigenvalue weighted by Crippen LogP contribution is -2.32. The van der Waals surface area contributed by atoms with E-state index in [-0.39, 0.29) is 30.3 Å². The number of anilines is 1. The summed E-state index contributed by atoms with van der Waals surface area (Å²) in [6.45, 7) is 1.88. The van der Waals surface area contributed by atoms with Crippen LogP contribution in [0.2, 0.25) is 0 Å². The highest BCUT2D eigenvalue weighted by molar-refractivity contribution is 7.16. The van der Waals surface area contributed by atoms with Crippen LogP contribution in [0, 0.1) is 29.6 Å². The van der Waals surface area contributed by atoms with Gasteiger partial charge in [0.15, 0.2) is 5.13 Å². The van der Waals surface area contributed by atoms with Crippen molar-refractivity contribution in [1.82, 2.24) is 4.98 Å². The number of fused-ring (bicyclic) bond motifs is 1. The van der Waals surface area contributed by atoms with Crippen LogP contribution >= 0.6 is 11.3 Å². The maximum Gasteiger partial charge on any atom is 0.239 e. The van der Waals surface area contributed by atoms with Gasteiger partial charge in [-0.25, -0.2) is 9.88 Å². The molecular weight excluding hydrogens is 288 g/mol. The van der Waals surface area contributed by atoms with Crippen LogP contribution in [0.5, 0.6) is 0 Å². The van der Waals surface area contributed by atoms with Crippen molar-refractivity contribution in [2.45, 2.75) is 26.2 Å². The molecule has 2 atom stereocenters. The molecule has 2 amide bonds. The van der Waals surface area contributed by atoms with Gasteiger partial charge in [0.05, 0.1) is 22.9 Å². The van der Waals surface area contributed by atoms with Gasteiger partial charge in [-0.2, -0.15) is 0 Å². The van der Waals surface area contributed by atoms with Gasteiger partial charge in [-0.15, -0.1) is 0 Å². The predicted octanol–water partition coefficient (Wildman–Crippen LogP) is 1.41. The fraction of sp³-hybridized carbons (Fsp3) is 0.533. The Morgan fingerprint density at radius 1 is 1.38 bits per heavy atom. The molecule has 1 aromatic rings. The minimum Gasteiger partial charge on any atom is -0.384 e. The molecule has 21 heavy (non-hydrogen) atoms. The van der Waals surface area contributed by atoms with E-state index in [2.05, 4.69) is 23.7 Å². The number of aliphatic hydroxyl groups excluding tert-OH is 1. The summed E-state index contributed by atoms with van der Waals surface area (Å²) in [5, 5.41) is 9.08. The van der Waals surface area contributed by atoms with Crippen molar-refractivity contribution in [3.8, 4) is 11.8 Å². The van der Waals surface area contributed by atoms with E-state index in [9.17, 15) is 9.59 Å². The fourth-order valence-corrected chi connectivity index (χ4v) is 4.01. The summed E-state index contributed by atoms with van der Waals surface area (Å²) in [4.78, 5) is 31.0. The zero-order chi connectivity index (χ0) is 15.0. The Balaban J connectivity index is 1.83. The van der Waals surface area contributed by atoms with Crippen molar-refractivity contribution in [3.63, 3.8) is 0 Å². The van der Waals surface area contributed by atoms with Gasteiger partial charge in [-0.05, 0) is 18.8 Å². The molecule has 110 valence electrons. The Morgan fingerprint density at radius 2 is 2.05 bits per heavy atom. The molecule has 0 spiro atoms. The molecule has 6 heteroatoms. The Hall–Kier alpha value is -1.71. The summed E-state index contributed by atoms with van der Waals surface area (Å²) in [5.74, 6) is 5.19. The average Bonchev–Trinajstić information content (AvgIpc) is 3.15. The standard InChI is InChI=1S/C15H16N2O3S/c1-2-9-6-11-12(7-9)14(20)17(13(11)19)15-16-8-10(21-15)4-3-5-18/h8-9,11-12,18H,2,5-7H2,1H3. The molecule has 0 aromatic carbocycles. The zero-order valence-corrected chi connectivity index (χ0v) is 12.5. The van der Waals surface area contributed by atoms with E-state index in [1.165, 1.54) is 22.4 Å². The summed E-state index contributed by atoms with van der Waals surface area (Å²) in [5.41, 5.74) is 0. The number of nitrogens with zero attached hydrogens (tertiary/aromatic N) is 2. The Morgan fingerprint density at radius 3 is 2.62 bits per heavy atom. The number of hydrogen-bond donors (Lipinski definition) is 1. The quantitative estimate of drug-likeness (QED) is 0.662. The van der Waals surface area contributed by atoms with Crippen LogP contribution in [0.1, 0.15) is 31.1 Å². The van der Waals surface area contributed by atoms with Crippen molar-refractivity contribution in [3.05, 3.63) is 11.1 Å². The number of rotatable bonds is 2. The monoisotopic (exact) mass is 304 g/mol. The van der Waals surface area contributed by atoms with Crippen LogP contribution < -0.4 is 4.90 Å². The van der Waals surface area contributed by atoms with E-state index in [0.29, 0.717) is 15.9 Å². The van der Waals surface area contributed by atoms with Crippen molar-refractivity contribution in [1.29, 1.82) is 0 Å². The molecule has 1 saturated heterocycles. The maximum atomic E-state index is 12.5. The minimum absolute atomic E-state index is 0.114. The fourth-order valence-electron chi connectivity index (χ4n) is 3.20. The Bertz CT molecular complexity index is 619. The van der Waals surface area contributed by atoms with Gasteiger partial charge < -0.3 is 5.11 Å². The molecule has 2 unspecified atom stereocenters. The number of imide groups is 1. The molecule has 2 heterocycles. The summed E-state index contributed by atoms with van der Waals surface area (Å²) in [6, 6.07) is 0. The first-order chi connectivity index (χ1) is 10.2. The molecule has 1 N–H and O–H groups in total. The maximum absolute atomic E-state index is 12.5. The smallest absolute Gasteiger partial charge is 0.239 e. The highest BCUT2D eigenvalue weighted by atomic mass is 32.1. The molecule has 5 nitrogen and oxygen atoms in total. The lowest BCUT2D eigenvalue weighted by molar-refractivity contribution is -0.123. The van der Waals surface area contributed by atoms with E-state index < -0.39 is 0 Å². The molecule has 2 fully saturated rings. The van der Waals surface area contributed by atoms with Crippen LogP contribution in [0.25, 0.3) is 0 Å². The summed E-state index contributed by atoms with van der Waals surface area (Å²) < 4.78 is 0. The second-order valence-corrected chi connectivity index (χ2v) is 6.45. The van der Waals surface area contributed by atoms with E-state index in [0.717, 1.165) is 19.3 Å². The molecule has 0 radical (unpaired) electrons. The molecule has 2 aliphatic rings. The van der Waals surface area contributed by atoms with Crippen molar-refractivity contribution in [2.24, 2.45) is 17.8 Å². The normalized spacial score (nSPS) is 27.7. The van der Waals surface area contributed by atoms with Gasteiger partial charge in [-0.1, -0.05) is 36.5 Å². The third-order valence-electron chi connectivity index (χ3n) is 4.29. The van der Waals surface area contributed by atoms with Crippen LogP contribution in [0.3, 0.4) is 0 Å². The Labute approximate surface area is 127 Å². The third kappa shape index (κ3) is 2.37. The average molecular weight is 304 g/mol. The van der Waals surface area contributed by atoms with Crippen LogP contribution in [0.4, 0.5) is 5.13 Å². The highest BCUT2D eigenvalue weighted by Gasteiger charge is 2.53. The number of thiazole rings is 1. The second kappa shape index (κ2) is 5.58. The third-order valence-corrected chi connectivity index (χ3v) is 5.19. The van der Waals surface area contributed by atoms with Gasteiger partial charge >= 0.3 is 0 Å². The zero-order valence-electron chi connectivity index (χ0n) is 11.7. The van der Waals surface area contributed by atoms with Crippen LogP contribution in [-0.4, -0.2) is 28.5 Å². The molecule has 0 bridgehead atoms. The SMILES string of the molecule is CCC1CC2C(=O)N(c3ncc(C#CCO)s3)C(=O)C2C1. The largest absolute Gasteiger partial charge is 0.384 e. The highest BCUT2D eigenvalue weighted by Crippen LogP contribution is 2.45. The molecule has 1 saturated carbocycles. The molecular formula is C15H16N2O3S. The number of aromatic nitrogens is 1. The van der Waals surface area contributed by atoms with Crippen molar-refractivity contribution in [2.75, 3.05) is 11.5 Å². The van der Waals surface area contributed by atoms with Gasteiger partial charge in [0, 0.05) is 0 Å². The Kier molecular flexibility index (Phi) is 3.79. The summed E-state index contributed by atoms with van der Waals surface area (Å²) in [6.07, 6.45) is 4.17. The first kappa shape index (κ1) is 14.2. The molecule has 1 aliphatic heterocycles. The number of aliphatic hydroxyl groups is 1. The number of carbonyl (C=O) groups excluding carboxylic acids is 2. The van der Waals surface area contributed by atoms with E-state index in [1.807, 2.05) is 0 Å². The van der Waals surface area contributed by atoms with E-state index >= 15 is 0 Å². The number of carbonyl (C=O) groups is 2. The molecule has 3 rings (SSSR count). The minimum atomic E-state index is -0.225. The van der Waals surface area contributed by atoms with Crippen molar-refractivity contribution >= 4 is 28.3 Å². The molecule has 1 aliphatic carbocycles. The second-order valence-electron chi connectivity index (χ2n) is 5.44. The van der Waals surface area contributed by atoms with E-state index in [1.54, 1.807) is 0 Å². The van der Waals surface area contributed by atoms with Gasteiger partial charge in [0.25, 0.3) is 0 Å². The van der Waals surface area contributed by atoms with Gasteiger partial charge in [-0.3, -0.25) is 9.59 Å². The first-order valence-electron chi connectivity index (χ1n) is 7.09. The molecule has 1 aromatic heterocycles. The summed E-state index contributed by atoms with van der Waals surface area (Å²) in [7, 11) is 0. The van der Waals surface area contributed by atoms with Crippen molar-refractivity contribution < 1.29 is 14.7 Å². The predicted molar refractivity (Wildman–Crippen MR) is 78.6 cm³/mol. The van der Waals surface area contributed by atoms with Crippen LogP contribution in [-0.2, 0) is 9.59 Å². The first-order valence-corrected chi connectivity index (χ1v) is 7.90. The lowest BCUT2D eigenvalue weighted by atomic mass is 10.00. The van der Waals surface area contributed by atoms with Gasteiger partial charge in [0.1, 0.15) is 6.61 Å². The number of amides is 2. The van der Waals surface area contributed by atoms with E-state index in [4.69, 9.17) is 5.11 Å². The topological polar surface area (TPSA) is 70.5 Å².